The highest BCUT2D eigenvalue weighted by Gasteiger charge is 2.15. The predicted molar refractivity (Wildman–Crippen MR) is 135 cm³/mol. The molecule has 0 aliphatic heterocycles. The van der Waals surface area contributed by atoms with Gasteiger partial charge >= 0.3 is 0 Å². The zero-order valence-corrected chi connectivity index (χ0v) is 20.9. The van der Waals surface area contributed by atoms with Crippen LogP contribution in [0.4, 0.5) is 5.69 Å². The Morgan fingerprint density at radius 3 is 2.64 bits per heavy atom. The summed E-state index contributed by atoms with van der Waals surface area (Å²) in [6.45, 7) is 2.11. The number of carbonyl (C=O) groups excluding carboxylic acids is 1. The van der Waals surface area contributed by atoms with Gasteiger partial charge in [-0.05, 0) is 54.5 Å². The van der Waals surface area contributed by atoms with E-state index < -0.39 is 5.91 Å². The van der Waals surface area contributed by atoms with Crippen LogP contribution in [0.15, 0.2) is 64.6 Å². The van der Waals surface area contributed by atoms with Crippen LogP contribution < -0.4 is 14.8 Å². The van der Waals surface area contributed by atoms with Gasteiger partial charge in [-0.1, -0.05) is 63.4 Å². The smallest absolute Gasteiger partial charge is 0.266 e. The maximum absolute atomic E-state index is 12.7. The van der Waals surface area contributed by atoms with Gasteiger partial charge in [-0.15, -0.1) is 0 Å². The first kappa shape index (κ1) is 24.7. The van der Waals surface area contributed by atoms with Gasteiger partial charge in [0.25, 0.3) is 5.91 Å². The van der Waals surface area contributed by atoms with E-state index in [-0.39, 0.29) is 17.2 Å². The van der Waals surface area contributed by atoms with Crippen LogP contribution in [0.5, 0.6) is 11.5 Å². The molecular formula is C25H19BrCl2N2O3. The molecule has 0 saturated carbocycles. The molecule has 0 aliphatic rings. The minimum absolute atomic E-state index is 0.102. The van der Waals surface area contributed by atoms with Gasteiger partial charge in [-0.3, -0.25) is 4.79 Å². The molecule has 3 aromatic carbocycles. The highest BCUT2D eigenvalue weighted by atomic mass is 79.9. The van der Waals surface area contributed by atoms with Gasteiger partial charge in [0.15, 0.2) is 11.5 Å². The second-order valence-electron chi connectivity index (χ2n) is 7.00. The van der Waals surface area contributed by atoms with Crippen molar-refractivity contribution in [1.82, 2.24) is 0 Å². The van der Waals surface area contributed by atoms with Crippen LogP contribution in [-0.4, -0.2) is 13.0 Å². The summed E-state index contributed by atoms with van der Waals surface area (Å²) in [6, 6.07) is 18.0. The molecule has 1 N–H and O–H groups in total. The summed E-state index contributed by atoms with van der Waals surface area (Å²) in [5, 5.41) is 13.0. The summed E-state index contributed by atoms with van der Waals surface area (Å²) < 4.78 is 12.3. The maximum Gasteiger partial charge on any atom is 0.266 e. The number of halogens is 3. The Bertz CT molecular complexity index is 1270. The van der Waals surface area contributed by atoms with E-state index in [1.54, 1.807) is 30.3 Å². The van der Waals surface area contributed by atoms with Crippen LogP contribution in [-0.2, 0) is 11.4 Å². The molecular weight excluding hydrogens is 527 g/mol. The van der Waals surface area contributed by atoms with Crippen molar-refractivity contribution in [3.63, 3.8) is 0 Å². The number of amides is 1. The van der Waals surface area contributed by atoms with Crippen LogP contribution >= 0.6 is 39.1 Å². The number of aryl methyl sites for hydroxylation is 1. The molecule has 1 amide bonds. The van der Waals surface area contributed by atoms with Gasteiger partial charge < -0.3 is 14.8 Å². The SMILES string of the molecule is COc1cc(/C=C(\C#N)C(=O)Nc2cc(Cl)ccc2C)cc(Cl)c1OCc1ccccc1Br. The van der Waals surface area contributed by atoms with Gasteiger partial charge in [-0.2, -0.15) is 5.26 Å². The monoisotopic (exact) mass is 544 g/mol. The lowest BCUT2D eigenvalue weighted by Crippen LogP contribution is -2.14. The number of anilines is 1. The van der Waals surface area contributed by atoms with Crippen LogP contribution in [0.1, 0.15) is 16.7 Å². The minimum Gasteiger partial charge on any atom is -0.493 e. The second kappa shape index (κ2) is 11.2. The van der Waals surface area contributed by atoms with Crippen LogP contribution in [0.2, 0.25) is 10.0 Å². The van der Waals surface area contributed by atoms with Crippen molar-refractivity contribution in [2.75, 3.05) is 12.4 Å². The molecule has 0 atom stereocenters. The minimum atomic E-state index is -0.563. The Hall–Kier alpha value is -2.98. The van der Waals surface area contributed by atoms with E-state index in [4.69, 9.17) is 32.7 Å². The summed E-state index contributed by atoms with van der Waals surface area (Å²) in [6.07, 6.45) is 1.43. The van der Waals surface area contributed by atoms with Crippen molar-refractivity contribution >= 4 is 56.8 Å². The van der Waals surface area contributed by atoms with Crippen LogP contribution in [0, 0.1) is 18.3 Å². The van der Waals surface area contributed by atoms with Crippen molar-refractivity contribution in [3.8, 4) is 17.6 Å². The van der Waals surface area contributed by atoms with Crippen molar-refractivity contribution in [2.45, 2.75) is 13.5 Å². The maximum atomic E-state index is 12.7. The van der Waals surface area contributed by atoms with E-state index in [1.807, 2.05) is 37.3 Å². The molecule has 0 bridgehead atoms. The molecule has 0 saturated heterocycles. The average Bonchev–Trinajstić information content (AvgIpc) is 2.79. The molecule has 3 aromatic rings. The number of rotatable bonds is 7. The van der Waals surface area contributed by atoms with Crippen molar-refractivity contribution in [2.24, 2.45) is 0 Å². The van der Waals surface area contributed by atoms with Crippen LogP contribution in [0.3, 0.4) is 0 Å². The molecule has 5 nitrogen and oxygen atoms in total. The molecule has 3 rings (SSSR count). The van der Waals surface area contributed by atoms with Gasteiger partial charge in [0.1, 0.15) is 18.2 Å². The number of nitrogens with zero attached hydrogens (tertiary/aromatic N) is 1. The fraction of sp³-hybridized carbons (Fsp3) is 0.120. The first-order valence-corrected chi connectivity index (χ1v) is 11.3. The first-order chi connectivity index (χ1) is 15.8. The van der Waals surface area contributed by atoms with E-state index in [0.29, 0.717) is 27.8 Å². The molecule has 0 fully saturated rings. The Balaban J connectivity index is 1.85. The summed E-state index contributed by atoms with van der Waals surface area (Å²) >= 11 is 15.9. The summed E-state index contributed by atoms with van der Waals surface area (Å²) in [5.74, 6) is 0.181. The van der Waals surface area contributed by atoms with E-state index in [9.17, 15) is 10.1 Å². The third-order valence-corrected chi connectivity index (χ3v) is 5.99. The number of methoxy groups -OCH3 is 1. The number of nitriles is 1. The lowest BCUT2D eigenvalue weighted by Gasteiger charge is -2.14. The highest BCUT2D eigenvalue weighted by Crippen LogP contribution is 2.38. The second-order valence-corrected chi connectivity index (χ2v) is 8.70. The van der Waals surface area contributed by atoms with Crippen molar-refractivity contribution in [3.05, 3.63) is 91.4 Å². The molecule has 0 spiro atoms. The number of ether oxygens (including phenoxy) is 2. The highest BCUT2D eigenvalue weighted by molar-refractivity contribution is 9.10. The fourth-order valence-corrected chi connectivity index (χ4v) is 3.81. The largest absolute Gasteiger partial charge is 0.493 e. The van der Waals surface area contributed by atoms with Gasteiger partial charge in [0.05, 0.1) is 12.1 Å². The van der Waals surface area contributed by atoms with E-state index in [2.05, 4.69) is 21.2 Å². The fourth-order valence-electron chi connectivity index (χ4n) is 2.96. The summed E-state index contributed by atoms with van der Waals surface area (Å²) in [4.78, 5) is 12.7. The summed E-state index contributed by atoms with van der Waals surface area (Å²) in [7, 11) is 1.49. The Kier molecular flexibility index (Phi) is 8.40. The van der Waals surface area contributed by atoms with Gasteiger partial charge in [0, 0.05) is 20.7 Å². The molecule has 168 valence electrons. The normalized spacial score (nSPS) is 11.0. The third-order valence-electron chi connectivity index (χ3n) is 4.71. The predicted octanol–water partition coefficient (Wildman–Crippen LogP) is 7.20. The third kappa shape index (κ3) is 6.29. The molecule has 0 aliphatic carbocycles. The molecule has 33 heavy (non-hydrogen) atoms. The Morgan fingerprint density at radius 2 is 1.94 bits per heavy atom. The molecule has 0 radical (unpaired) electrons. The van der Waals surface area contributed by atoms with Gasteiger partial charge in [0.2, 0.25) is 0 Å². The number of hydrogen-bond donors (Lipinski definition) is 1. The van der Waals surface area contributed by atoms with E-state index >= 15 is 0 Å². The number of carbonyl (C=O) groups is 1. The first-order valence-electron chi connectivity index (χ1n) is 9.75. The lowest BCUT2D eigenvalue weighted by atomic mass is 10.1. The van der Waals surface area contributed by atoms with Gasteiger partial charge in [-0.25, -0.2) is 0 Å². The quantitative estimate of drug-likeness (QED) is 0.252. The standard InChI is InChI=1S/C25H19BrCl2N2O3/c1-15-7-8-19(27)12-22(15)30-25(31)18(13-29)9-16-10-21(28)24(23(11-16)32-2)33-14-17-5-3-4-6-20(17)26/h3-12H,14H2,1-2H3,(H,30,31)/b18-9+. The summed E-state index contributed by atoms with van der Waals surface area (Å²) in [5.41, 5.74) is 2.70. The Labute approximate surface area is 210 Å². The Morgan fingerprint density at radius 1 is 1.18 bits per heavy atom. The van der Waals surface area contributed by atoms with E-state index in [0.717, 1.165) is 15.6 Å². The number of benzene rings is 3. The number of hydrogen-bond acceptors (Lipinski definition) is 4. The zero-order chi connectivity index (χ0) is 24.0. The van der Waals surface area contributed by atoms with E-state index in [1.165, 1.54) is 13.2 Å². The topological polar surface area (TPSA) is 71.3 Å². The lowest BCUT2D eigenvalue weighted by molar-refractivity contribution is -0.112. The molecule has 0 unspecified atom stereocenters. The van der Waals surface area contributed by atoms with Crippen LogP contribution in [0.25, 0.3) is 6.08 Å². The molecule has 8 heteroatoms. The van der Waals surface area contributed by atoms with Crippen molar-refractivity contribution in [1.29, 1.82) is 5.26 Å². The zero-order valence-electron chi connectivity index (χ0n) is 17.8. The van der Waals surface area contributed by atoms with Crippen molar-refractivity contribution < 1.29 is 14.3 Å². The average molecular weight is 546 g/mol. The number of nitrogens with one attached hydrogen (secondary N) is 1. The molecule has 0 heterocycles. The molecule has 0 aromatic heterocycles.